The van der Waals surface area contributed by atoms with E-state index in [1.54, 1.807) is 0 Å². The van der Waals surface area contributed by atoms with Gasteiger partial charge in [0.2, 0.25) is 0 Å². The van der Waals surface area contributed by atoms with Crippen molar-refractivity contribution in [3.63, 3.8) is 0 Å². The number of para-hydroxylation sites is 1. The molecule has 1 aromatic heterocycles. The summed E-state index contributed by atoms with van der Waals surface area (Å²) in [6, 6.07) is 4.82. The zero-order chi connectivity index (χ0) is 14.9. The molecule has 20 heavy (non-hydrogen) atoms. The average molecular weight is 292 g/mol. The van der Waals surface area contributed by atoms with Crippen LogP contribution >= 0.6 is 0 Å². The predicted molar refractivity (Wildman–Crippen MR) is 62.9 cm³/mol. The smallest absolute Gasteiger partial charge is 0.432 e. The summed E-state index contributed by atoms with van der Waals surface area (Å²) in [5, 5.41) is 2.84. The van der Waals surface area contributed by atoms with Crippen molar-refractivity contribution in [1.29, 1.82) is 0 Å². The Labute approximate surface area is 110 Å². The van der Waals surface area contributed by atoms with Crippen LogP contribution in [0.4, 0.5) is 27.6 Å². The summed E-state index contributed by atoms with van der Waals surface area (Å²) in [5.41, 5.74) is -1.33. The van der Waals surface area contributed by atoms with E-state index in [9.17, 15) is 22.0 Å². The number of fused-ring (bicyclic) bond motifs is 1. The Kier molecular flexibility index (Phi) is 3.65. The summed E-state index contributed by atoms with van der Waals surface area (Å²) in [4.78, 5) is 3.38. The first-order chi connectivity index (χ1) is 9.32. The Balaban J connectivity index is 2.72. The Morgan fingerprint density at radius 2 is 1.95 bits per heavy atom. The number of alkyl halides is 5. The van der Waals surface area contributed by atoms with Gasteiger partial charge >= 0.3 is 12.8 Å². The highest BCUT2D eigenvalue weighted by atomic mass is 19.4. The van der Waals surface area contributed by atoms with Gasteiger partial charge in [-0.25, -0.2) is 4.98 Å². The van der Waals surface area contributed by atoms with Crippen molar-refractivity contribution >= 4 is 16.6 Å². The van der Waals surface area contributed by atoms with Crippen molar-refractivity contribution < 1.29 is 26.7 Å². The molecule has 108 valence electrons. The zero-order valence-corrected chi connectivity index (χ0v) is 10.1. The first kappa shape index (κ1) is 14.3. The number of halogens is 5. The summed E-state index contributed by atoms with van der Waals surface area (Å²) in [6.07, 6.45) is -4.68. The second-order valence-electron chi connectivity index (χ2n) is 3.83. The number of nitrogens with zero attached hydrogens (tertiary/aromatic N) is 1. The summed E-state index contributed by atoms with van der Waals surface area (Å²) < 4.78 is 67.0. The van der Waals surface area contributed by atoms with Crippen LogP contribution in [0.3, 0.4) is 0 Å². The highest BCUT2D eigenvalue weighted by Gasteiger charge is 2.33. The van der Waals surface area contributed by atoms with Crippen molar-refractivity contribution in [2.24, 2.45) is 0 Å². The Morgan fingerprint density at radius 1 is 1.25 bits per heavy atom. The van der Waals surface area contributed by atoms with Crippen LogP contribution in [0.1, 0.15) is 5.69 Å². The molecule has 0 saturated carbocycles. The molecule has 2 rings (SSSR count). The molecular formula is C12H9F5N2O. The summed E-state index contributed by atoms with van der Waals surface area (Å²) >= 11 is 0. The zero-order valence-electron chi connectivity index (χ0n) is 10.1. The summed E-state index contributed by atoms with van der Waals surface area (Å²) in [5.74, 6) is -0.403. The quantitative estimate of drug-likeness (QED) is 0.871. The maximum absolute atomic E-state index is 12.7. The van der Waals surface area contributed by atoms with Gasteiger partial charge in [-0.15, -0.1) is 0 Å². The van der Waals surface area contributed by atoms with E-state index in [-0.39, 0.29) is 16.6 Å². The molecule has 0 saturated heterocycles. The van der Waals surface area contributed by atoms with E-state index in [1.807, 2.05) is 0 Å². The summed E-state index contributed by atoms with van der Waals surface area (Å²) in [6.45, 7) is -3.14. The van der Waals surface area contributed by atoms with E-state index in [0.29, 0.717) is 0 Å². The monoisotopic (exact) mass is 292 g/mol. The fourth-order valence-electron chi connectivity index (χ4n) is 1.77. The Hall–Kier alpha value is -2.12. The lowest BCUT2D eigenvalue weighted by atomic mass is 10.1. The van der Waals surface area contributed by atoms with Gasteiger partial charge in [-0.1, -0.05) is 12.1 Å². The van der Waals surface area contributed by atoms with Crippen molar-refractivity contribution in [2.45, 2.75) is 12.8 Å². The molecule has 3 nitrogen and oxygen atoms in total. The fourth-order valence-corrected chi connectivity index (χ4v) is 1.77. The molecule has 1 N–H and O–H groups in total. The molecule has 0 aliphatic heterocycles. The third kappa shape index (κ3) is 2.73. The van der Waals surface area contributed by atoms with Gasteiger partial charge in [-0.05, 0) is 12.1 Å². The standard InChI is InChI=1S/C12H9F5N2O/c1-18-7-5-9(12(15,16)17)19-10-6(7)3-2-4-8(10)20-11(13)14/h2-5,11H,1H3,(H,18,19). The largest absolute Gasteiger partial charge is 0.433 e. The molecule has 0 bridgehead atoms. The van der Waals surface area contributed by atoms with Gasteiger partial charge in [0.05, 0.1) is 0 Å². The minimum absolute atomic E-state index is 0.127. The SMILES string of the molecule is CNc1cc(C(F)(F)F)nc2c(OC(F)F)cccc12. The van der Waals surface area contributed by atoms with Gasteiger partial charge < -0.3 is 10.1 Å². The van der Waals surface area contributed by atoms with E-state index in [1.165, 1.54) is 19.2 Å². The highest BCUT2D eigenvalue weighted by molar-refractivity contribution is 5.95. The highest BCUT2D eigenvalue weighted by Crippen LogP contribution is 2.36. The molecule has 0 atom stereocenters. The lowest BCUT2D eigenvalue weighted by molar-refractivity contribution is -0.140. The number of anilines is 1. The third-order valence-corrected chi connectivity index (χ3v) is 2.58. The molecule has 0 aliphatic carbocycles. The third-order valence-electron chi connectivity index (χ3n) is 2.58. The van der Waals surface area contributed by atoms with Crippen molar-refractivity contribution in [3.8, 4) is 5.75 Å². The van der Waals surface area contributed by atoms with E-state index in [4.69, 9.17) is 0 Å². The lowest BCUT2D eigenvalue weighted by Gasteiger charge is -2.14. The maximum atomic E-state index is 12.7. The maximum Gasteiger partial charge on any atom is 0.433 e. The van der Waals surface area contributed by atoms with E-state index >= 15 is 0 Å². The molecule has 0 spiro atoms. The van der Waals surface area contributed by atoms with Gasteiger partial charge in [-0.3, -0.25) is 0 Å². The molecule has 2 aromatic rings. The van der Waals surface area contributed by atoms with Gasteiger partial charge in [0.25, 0.3) is 0 Å². The van der Waals surface area contributed by atoms with Crippen LogP contribution < -0.4 is 10.1 Å². The molecule has 0 fully saturated rings. The molecule has 8 heteroatoms. The second-order valence-corrected chi connectivity index (χ2v) is 3.83. The van der Waals surface area contributed by atoms with Crippen LogP contribution in [0.25, 0.3) is 10.9 Å². The number of pyridine rings is 1. The fraction of sp³-hybridized carbons (Fsp3) is 0.250. The van der Waals surface area contributed by atoms with Gasteiger partial charge in [0, 0.05) is 18.1 Å². The van der Waals surface area contributed by atoms with Gasteiger partial charge in [0.15, 0.2) is 5.75 Å². The molecule has 1 heterocycles. The van der Waals surface area contributed by atoms with Crippen LogP contribution in [-0.4, -0.2) is 18.6 Å². The number of hydrogen-bond donors (Lipinski definition) is 1. The second kappa shape index (κ2) is 5.10. The molecule has 0 radical (unpaired) electrons. The molecule has 0 unspecified atom stereocenters. The summed E-state index contributed by atoms with van der Waals surface area (Å²) in [7, 11) is 1.43. The topological polar surface area (TPSA) is 34.2 Å². The van der Waals surface area contributed by atoms with Crippen LogP contribution in [0.15, 0.2) is 24.3 Å². The number of ether oxygens (including phenoxy) is 1. The molecular weight excluding hydrogens is 283 g/mol. The lowest BCUT2D eigenvalue weighted by Crippen LogP contribution is -2.10. The van der Waals surface area contributed by atoms with Crippen molar-refractivity contribution in [2.75, 3.05) is 12.4 Å². The normalized spacial score (nSPS) is 11.9. The average Bonchev–Trinajstić information content (AvgIpc) is 2.36. The molecule has 0 amide bonds. The Bertz CT molecular complexity index is 627. The number of rotatable bonds is 3. The number of benzene rings is 1. The van der Waals surface area contributed by atoms with E-state index in [0.717, 1.165) is 12.1 Å². The first-order valence-corrected chi connectivity index (χ1v) is 5.46. The van der Waals surface area contributed by atoms with Crippen LogP contribution in [0, 0.1) is 0 Å². The number of hydrogen-bond acceptors (Lipinski definition) is 3. The minimum atomic E-state index is -4.68. The van der Waals surface area contributed by atoms with E-state index in [2.05, 4.69) is 15.0 Å². The number of nitrogens with one attached hydrogen (secondary N) is 1. The van der Waals surface area contributed by atoms with Crippen LogP contribution in [-0.2, 0) is 6.18 Å². The van der Waals surface area contributed by atoms with Gasteiger partial charge in [-0.2, -0.15) is 22.0 Å². The van der Waals surface area contributed by atoms with Crippen molar-refractivity contribution in [1.82, 2.24) is 4.98 Å². The van der Waals surface area contributed by atoms with Crippen molar-refractivity contribution in [3.05, 3.63) is 30.0 Å². The van der Waals surface area contributed by atoms with Gasteiger partial charge in [0.1, 0.15) is 11.2 Å². The molecule has 0 aliphatic rings. The predicted octanol–water partition coefficient (Wildman–Crippen LogP) is 3.90. The number of aromatic nitrogens is 1. The van der Waals surface area contributed by atoms with Crippen LogP contribution in [0.5, 0.6) is 5.75 Å². The Morgan fingerprint density at radius 3 is 2.50 bits per heavy atom. The first-order valence-electron chi connectivity index (χ1n) is 5.46. The molecule has 1 aromatic carbocycles. The van der Waals surface area contributed by atoms with Crippen LogP contribution in [0.2, 0.25) is 0 Å². The van der Waals surface area contributed by atoms with E-state index < -0.39 is 24.2 Å². The minimum Gasteiger partial charge on any atom is -0.432 e.